The summed E-state index contributed by atoms with van der Waals surface area (Å²) in [5, 5.41) is 0. The molecule has 1 atom stereocenters. The zero-order valence-corrected chi connectivity index (χ0v) is 14.3. The second kappa shape index (κ2) is 6.32. The zero-order valence-electron chi connectivity index (χ0n) is 13.5. The van der Waals surface area contributed by atoms with Crippen LogP contribution in [0.5, 0.6) is 0 Å². The van der Waals surface area contributed by atoms with Crippen LogP contribution in [0.25, 0.3) is 0 Å². The van der Waals surface area contributed by atoms with E-state index in [4.69, 9.17) is 4.74 Å². The Morgan fingerprint density at radius 1 is 1.48 bits per heavy atom. The zero-order chi connectivity index (χ0) is 14.9. The number of likely N-dealkylation sites (tertiary alicyclic amines) is 2. The van der Waals surface area contributed by atoms with Crippen LogP contribution in [0.1, 0.15) is 30.3 Å². The summed E-state index contributed by atoms with van der Waals surface area (Å²) in [6, 6.07) is 0. The first-order valence-electron chi connectivity index (χ1n) is 8.03. The largest absolute Gasteiger partial charge is 0.381 e. The number of nitrogens with zero attached hydrogens (tertiary/aromatic N) is 3. The summed E-state index contributed by atoms with van der Waals surface area (Å²) < 4.78 is 5.66. The molecule has 0 bridgehead atoms. The van der Waals surface area contributed by atoms with Gasteiger partial charge < -0.3 is 4.74 Å². The molecule has 1 spiro atoms. The van der Waals surface area contributed by atoms with E-state index in [1.165, 1.54) is 43.0 Å². The molecule has 3 rings (SSSR count). The minimum Gasteiger partial charge on any atom is -0.381 e. The number of hydrogen-bond acceptors (Lipinski definition) is 5. The molecule has 0 aliphatic carbocycles. The van der Waals surface area contributed by atoms with Crippen molar-refractivity contribution < 1.29 is 4.74 Å². The molecule has 2 aliphatic heterocycles. The van der Waals surface area contributed by atoms with E-state index in [0.29, 0.717) is 5.54 Å². The van der Waals surface area contributed by atoms with Crippen molar-refractivity contribution in [3.8, 4) is 0 Å². The lowest BCUT2D eigenvalue weighted by Crippen LogP contribution is -2.71. The molecule has 3 heterocycles. The Hall–Kier alpha value is -0.490. The van der Waals surface area contributed by atoms with Crippen LogP contribution in [0.3, 0.4) is 0 Å². The number of likely N-dealkylation sites (N-methyl/N-ethyl adjacent to an activating group) is 1. The third-order valence-corrected chi connectivity index (χ3v) is 6.08. The van der Waals surface area contributed by atoms with E-state index in [9.17, 15) is 0 Å². The smallest absolute Gasteiger partial charge is 0.0798 e. The summed E-state index contributed by atoms with van der Waals surface area (Å²) in [4.78, 5) is 10.9. The Morgan fingerprint density at radius 2 is 2.29 bits per heavy atom. The average Bonchev–Trinajstić information content (AvgIpc) is 2.83. The lowest BCUT2D eigenvalue weighted by Gasteiger charge is -2.58. The molecule has 0 unspecified atom stereocenters. The van der Waals surface area contributed by atoms with E-state index in [1.807, 2.05) is 5.51 Å². The Bertz CT molecular complexity index is 468. The van der Waals surface area contributed by atoms with Gasteiger partial charge in [0.1, 0.15) is 0 Å². The van der Waals surface area contributed by atoms with Crippen molar-refractivity contribution in [3.63, 3.8) is 0 Å². The summed E-state index contributed by atoms with van der Waals surface area (Å²) in [6.07, 6.45) is 2.58. The van der Waals surface area contributed by atoms with Crippen LogP contribution in [0, 0.1) is 12.8 Å². The van der Waals surface area contributed by atoms with Crippen molar-refractivity contribution in [1.29, 1.82) is 0 Å². The first-order valence-corrected chi connectivity index (χ1v) is 8.91. The molecular formula is C16H27N3OS. The highest BCUT2D eigenvalue weighted by Gasteiger charge is 2.49. The second-order valence-electron chi connectivity index (χ2n) is 6.67. The lowest BCUT2D eigenvalue weighted by molar-refractivity contribution is -0.0919. The summed E-state index contributed by atoms with van der Waals surface area (Å²) in [6.45, 7) is 10.7. The third-order valence-electron chi connectivity index (χ3n) is 5.16. The molecule has 2 aliphatic rings. The highest BCUT2D eigenvalue weighted by atomic mass is 32.1. The van der Waals surface area contributed by atoms with E-state index < -0.39 is 0 Å². The molecule has 118 valence electrons. The van der Waals surface area contributed by atoms with Crippen LogP contribution < -0.4 is 0 Å². The molecule has 2 saturated heterocycles. The van der Waals surface area contributed by atoms with Crippen molar-refractivity contribution in [2.75, 3.05) is 39.9 Å². The standard InChI is InChI=1S/C16H27N3OS/c1-4-20-9-14-5-6-18(3)16(7-14)10-19(11-16)8-15-13(2)17-12-21-15/h12,14H,4-11H2,1-3H3/t14-/m0/s1. The van der Waals surface area contributed by atoms with Crippen LogP contribution >= 0.6 is 11.3 Å². The van der Waals surface area contributed by atoms with Crippen LogP contribution in [-0.4, -0.2) is 60.2 Å². The van der Waals surface area contributed by atoms with E-state index >= 15 is 0 Å². The summed E-state index contributed by atoms with van der Waals surface area (Å²) in [5.41, 5.74) is 3.57. The molecule has 0 saturated carbocycles. The maximum absolute atomic E-state index is 5.66. The van der Waals surface area contributed by atoms with Gasteiger partial charge in [-0.2, -0.15) is 0 Å². The number of ether oxygens (including phenoxy) is 1. The first-order chi connectivity index (χ1) is 10.1. The quantitative estimate of drug-likeness (QED) is 0.835. The predicted octanol–water partition coefficient (Wildman–Crippen LogP) is 2.38. The van der Waals surface area contributed by atoms with Gasteiger partial charge in [0.05, 0.1) is 11.2 Å². The lowest BCUT2D eigenvalue weighted by atomic mass is 9.75. The summed E-state index contributed by atoms with van der Waals surface area (Å²) in [5.74, 6) is 0.744. The van der Waals surface area contributed by atoms with Crippen molar-refractivity contribution in [1.82, 2.24) is 14.8 Å². The van der Waals surface area contributed by atoms with Crippen LogP contribution in [0.2, 0.25) is 0 Å². The molecule has 0 aromatic carbocycles. The molecule has 0 amide bonds. The molecule has 21 heavy (non-hydrogen) atoms. The number of aryl methyl sites for hydroxylation is 1. The Labute approximate surface area is 132 Å². The van der Waals surface area contributed by atoms with Gasteiger partial charge in [-0.1, -0.05) is 0 Å². The number of thiazole rings is 1. The Balaban J connectivity index is 1.55. The highest BCUT2D eigenvalue weighted by molar-refractivity contribution is 7.09. The van der Waals surface area contributed by atoms with Crippen molar-refractivity contribution in [2.24, 2.45) is 5.92 Å². The summed E-state index contributed by atoms with van der Waals surface area (Å²) >= 11 is 1.79. The SMILES string of the molecule is CCOC[C@H]1CCN(C)C2(C1)CN(Cc1scnc1C)C2. The van der Waals surface area contributed by atoms with Gasteiger partial charge in [-0.15, -0.1) is 11.3 Å². The van der Waals surface area contributed by atoms with Crippen molar-refractivity contribution in [2.45, 2.75) is 38.8 Å². The number of hydrogen-bond donors (Lipinski definition) is 0. The normalized spacial score (nSPS) is 26.1. The molecule has 1 aromatic heterocycles. The monoisotopic (exact) mass is 309 g/mol. The Morgan fingerprint density at radius 3 is 2.95 bits per heavy atom. The molecule has 2 fully saturated rings. The molecular weight excluding hydrogens is 282 g/mol. The molecule has 0 radical (unpaired) electrons. The van der Waals surface area contributed by atoms with Gasteiger partial charge in [-0.3, -0.25) is 9.80 Å². The molecule has 1 aromatic rings. The van der Waals surface area contributed by atoms with Crippen molar-refractivity contribution in [3.05, 3.63) is 16.1 Å². The fourth-order valence-electron chi connectivity index (χ4n) is 3.78. The van der Waals surface area contributed by atoms with Gasteiger partial charge in [0.15, 0.2) is 0 Å². The minimum absolute atomic E-state index is 0.401. The van der Waals surface area contributed by atoms with Crippen LogP contribution in [0.15, 0.2) is 5.51 Å². The fourth-order valence-corrected chi connectivity index (χ4v) is 4.60. The second-order valence-corrected chi connectivity index (χ2v) is 7.61. The van der Waals surface area contributed by atoms with Crippen LogP contribution in [-0.2, 0) is 11.3 Å². The fraction of sp³-hybridized carbons (Fsp3) is 0.812. The highest BCUT2D eigenvalue weighted by Crippen LogP contribution is 2.39. The maximum atomic E-state index is 5.66. The van der Waals surface area contributed by atoms with Crippen LogP contribution in [0.4, 0.5) is 0 Å². The average molecular weight is 309 g/mol. The van der Waals surface area contributed by atoms with Gasteiger partial charge in [0, 0.05) is 43.3 Å². The molecule has 0 N–H and O–H groups in total. The van der Waals surface area contributed by atoms with E-state index in [1.54, 1.807) is 11.3 Å². The van der Waals surface area contributed by atoms with E-state index in [0.717, 1.165) is 25.7 Å². The topological polar surface area (TPSA) is 28.6 Å². The Kier molecular flexibility index (Phi) is 4.64. The van der Waals surface area contributed by atoms with Gasteiger partial charge >= 0.3 is 0 Å². The molecule has 4 nitrogen and oxygen atoms in total. The minimum atomic E-state index is 0.401. The third kappa shape index (κ3) is 3.16. The maximum Gasteiger partial charge on any atom is 0.0798 e. The number of rotatable bonds is 5. The number of piperidine rings is 1. The van der Waals surface area contributed by atoms with Crippen molar-refractivity contribution >= 4 is 11.3 Å². The predicted molar refractivity (Wildman–Crippen MR) is 86.7 cm³/mol. The van der Waals surface area contributed by atoms with Gasteiger partial charge in [-0.25, -0.2) is 4.98 Å². The van der Waals surface area contributed by atoms with Gasteiger partial charge in [-0.05, 0) is 46.2 Å². The van der Waals surface area contributed by atoms with E-state index in [-0.39, 0.29) is 0 Å². The number of aromatic nitrogens is 1. The van der Waals surface area contributed by atoms with Gasteiger partial charge in [0.25, 0.3) is 0 Å². The van der Waals surface area contributed by atoms with E-state index in [2.05, 4.69) is 35.7 Å². The summed E-state index contributed by atoms with van der Waals surface area (Å²) in [7, 11) is 2.30. The molecule has 5 heteroatoms. The van der Waals surface area contributed by atoms with Gasteiger partial charge in [0.2, 0.25) is 0 Å². The first kappa shape index (κ1) is 15.4.